The summed E-state index contributed by atoms with van der Waals surface area (Å²) < 4.78 is 0.831. The van der Waals surface area contributed by atoms with Crippen LogP contribution < -0.4 is 11.3 Å². The number of fused-ring (bicyclic) bond motifs is 1. The Labute approximate surface area is 85.9 Å². The van der Waals surface area contributed by atoms with Crippen LogP contribution in [0, 0.1) is 0 Å². The summed E-state index contributed by atoms with van der Waals surface area (Å²) in [6, 6.07) is 5.22. The zero-order valence-corrected chi connectivity index (χ0v) is 8.18. The van der Waals surface area contributed by atoms with Gasteiger partial charge in [0.25, 0.3) is 5.95 Å². The molecule has 0 aliphatic carbocycles. The number of hydrogen-bond donors (Lipinski definition) is 4. The maximum atomic E-state index is 9.72. The van der Waals surface area contributed by atoms with Crippen molar-refractivity contribution < 1.29 is 10.3 Å². The summed E-state index contributed by atoms with van der Waals surface area (Å²) in [5, 5.41) is 19.2. The Hall–Kier alpha value is -1.79. The molecule has 1 aromatic heterocycles. The van der Waals surface area contributed by atoms with Crippen LogP contribution in [0.15, 0.2) is 18.2 Å². The number of para-hydroxylation sites is 1. The molecule has 0 radical (unpaired) electrons. The van der Waals surface area contributed by atoms with E-state index in [1.807, 2.05) is 0 Å². The lowest BCUT2D eigenvalue weighted by atomic mass is 10.1. The van der Waals surface area contributed by atoms with Crippen LogP contribution in [-0.4, -0.2) is 20.0 Å². The van der Waals surface area contributed by atoms with Crippen LogP contribution >= 0.6 is 0 Å². The molecule has 0 amide bonds. The molecular weight excluding hydrogens is 196 g/mol. The third-order valence-electron chi connectivity index (χ3n) is 2.26. The Bertz CT molecular complexity index is 492. The Morgan fingerprint density at radius 2 is 2.27 bits per heavy atom. The lowest BCUT2D eigenvalue weighted by molar-refractivity contribution is 0.187. The number of nitrogens with two attached hydrogens (primary N) is 1. The van der Waals surface area contributed by atoms with Gasteiger partial charge in [0.15, 0.2) is 0 Å². The van der Waals surface area contributed by atoms with Gasteiger partial charge in [-0.1, -0.05) is 12.1 Å². The number of anilines is 1. The summed E-state index contributed by atoms with van der Waals surface area (Å²) in [4.78, 5) is 4.04. The predicted octanol–water partition coefficient (Wildman–Crippen LogP) is 0.613. The molecule has 1 heterocycles. The minimum absolute atomic E-state index is 0.137. The van der Waals surface area contributed by atoms with E-state index >= 15 is 0 Å². The molecule has 6 nitrogen and oxygen atoms in total. The molecule has 0 saturated carbocycles. The molecule has 0 spiro atoms. The maximum Gasteiger partial charge on any atom is 0.251 e. The predicted molar refractivity (Wildman–Crippen MR) is 55.4 cm³/mol. The molecule has 6 heteroatoms. The van der Waals surface area contributed by atoms with Crippen molar-refractivity contribution in [2.45, 2.75) is 13.0 Å². The van der Waals surface area contributed by atoms with Gasteiger partial charge in [0.05, 0.1) is 11.6 Å². The molecule has 1 atom stereocenters. The number of rotatable bonds is 2. The molecule has 1 unspecified atom stereocenters. The van der Waals surface area contributed by atoms with Crippen molar-refractivity contribution in [1.29, 1.82) is 0 Å². The molecular formula is C9H12N4O2. The van der Waals surface area contributed by atoms with Gasteiger partial charge in [0.1, 0.15) is 5.52 Å². The quantitative estimate of drug-likeness (QED) is 0.329. The first-order chi connectivity index (χ1) is 7.15. The molecule has 0 fully saturated rings. The fraction of sp³-hybridized carbons (Fsp3) is 0.222. The van der Waals surface area contributed by atoms with Crippen LogP contribution in [-0.2, 0) is 0 Å². The van der Waals surface area contributed by atoms with Crippen LogP contribution in [0.4, 0.5) is 5.95 Å². The first-order valence-corrected chi connectivity index (χ1v) is 4.50. The lowest BCUT2D eigenvalue weighted by Crippen LogP contribution is -2.12. The van der Waals surface area contributed by atoms with Gasteiger partial charge in [0, 0.05) is 5.56 Å². The second-order valence-corrected chi connectivity index (χ2v) is 3.28. The molecule has 0 aliphatic rings. The first-order valence-electron chi connectivity index (χ1n) is 4.50. The van der Waals surface area contributed by atoms with Crippen molar-refractivity contribution in [3.8, 4) is 0 Å². The Morgan fingerprint density at radius 1 is 1.53 bits per heavy atom. The minimum atomic E-state index is -0.679. The van der Waals surface area contributed by atoms with E-state index in [-0.39, 0.29) is 5.95 Å². The topological polar surface area (TPSA) is 96.3 Å². The molecule has 1 aromatic carbocycles. The van der Waals surface area contributed by atoms with Crippen molar-refractivity contribution in [2.75, 3.05) is 5.43 Å². The van der Waals surface area contributed by atoms with Crippen molar-refractivity contribution in [2.24, 2.45) is 5.84 Å². The standard InChI is InChI=1S/C9H12N4O2/c1-5(14)6-3-2-4-7-8(6)13(15)9(11-7)12-10/h2-5,14-15H,10H2,1H3,(H,11,12). The van der Waals surface area contributed by atoms with Gasteiger partial charge in [-0.15, -0.1) is 4.73 Å². The number of hydrazine groups is 1. The third kappa shape index (κ3) is 1.39. The molecule has 15 heavy (non-hydrogen) atoms. The van der Waals surface area contributed by atoms with E-state index in [1.165, 1.54) is 0 Å². The van der Waals surface area contributed by atoms with E-state index in [9.17, 15) is 10.3 Å². The molecule has 2 aromatic rings. The molecule has 80 valence electrons. The fourth-order valence-corrected chi connectivity index (χ4v) is 1.57. The van der Waals surface area contributed by atoms with Gasteiger partial charge in [-0.2, -0.15) is 0 Å². The zero-order chi connectivity index (χ0) is 11.0. The van der Waals surface area contributed by atoms with Gasteiger partial charge in [-0.3, -0.25) is 5.43 Å². The summed E-state index contributed by atoms with van der Waals surface area (Å²) >= 11 is 0. The largest absolute Gasteiger partial charge is 0.425 e. The highest BCUT2D eigenvalue weighted by atomic mass is 16.5. The first kappa shape index (κ1) is 9.75. The summed E-state index contributed by atoms with van der Waals surface area (Å²) in [5.41, 5.74) is 3.90. The van der Waals surface area contributed by atoms with E-state index in [1.54, 1.807) is 25.1 Å². The number of imidazole rings is 1. The number of nitrogen functional groups attached to an aromatic ring is 1. The second-order valence-electron chi connectivity index (χ2n) is 3.28. The van der Waals surface area contributed by atoms with Crippen LogP contribution in [0.3, 0.4) is 0 Å². The van der Waals surface area contributed by atoms with E-state index in [4.69, 9.17) is 5.84 Å². The third-order valence-corrected chi connectivity index (χ3v) is 2.26. The van der Waals surface area contributed by atoms with E-state index in [0.29, 0.717) is 16.6 Å². The SMILES string of the molecule is CC(O)c1cccc2nc(NN)n(O)c12. The highest BCUT2D eigenvalue weighted by Gasteiger charge is 2.14. The lowest BCUT2D eigenvalue weighted by Gasteiger charge is -2.06. The maximum absolute atomic E-state index is 9.72. The van der Waals surface area contributed by atoms with Crippen molar-refractivity contribution in [3.05, 3.63) is 23.8 Å². The highest BCUT2D eigenvalue weighted by molar-refractivity contribution is 5.81. The van der Waals surface area contributed by atoms with E-state index in [2.05, 4.69) is 10.4 Å². The Kier molecular flexibility index (Phi) is 2.22. The molecule has 0 aliphatic heterocycles. The number of aromatic nitrogens is 2. The van der Waals surface area contributed by atoms with Crippen LogP contribution in [0.1, 0.15) is 18.6 Å². The number of aliphatic hydroxyl groups excluding tert-OH is 1. The van der Waals surface area contributed by atoms with Crippen LogP contribution in [0.2, 0.25) is 0 Å². The van der Waals surface area contributed by atoms with Crippen LogP contribution in [0.5, 0.6) is 0 Å². The van der Waals surface area contributed by atoms with Crippen molar-refractivity contribution in [1.82, 2.24) is 9.71 Å². The summed E-state index contributed by atoms with van der Waals surface area (Å²) in [6.45, 7) is 1.62. The summed E-state index contributed by atoms with van der Waals surface area (Å²) in [5.74, 6) is 5.32. The number of nitrogens with zero attached hydrogens (tertiary/aromatic N) is 2. The zero-order valence-electron chi connectivity index (χ0n) is 8.18. The van der Waals surface area contributed by atoms with Gasteiger partial charge < -0.3 is 10.3 Å². The fourth-order valence-electron chi connectivity index (χ4n) is 1.57. The summed E-state index contributed by atoms with van der Waals surface area (Å²) in [7, 11) is 0. The molecule has 2 rings (SSSR count). The normalized spacial score (nSPS) is 13.0. The minimum Gasteiger partial charge on any atom is -0.425 e. The van der Waals surface area contributed by atoms with Gasteiger partial charge in [0.2, 0.25) is 0 Å². The number of nitrogens with one attached hydrogen (secondary N) is 1. The smallest absolute Gasteiger partial charge is 0.251 e. The van der Waals surface area contributed by atoms with Gasteiger partial charge in [-0.25, -0.2) is 10.8 Å². The average molecular weight is 208 g/mol. The van der Waals surface area contributed by atoms with Gasteiger partial charge in [-0.05, 0) is 13.0 Å². The second kappa shape index (κ2) is 3.41. The highest BCUT2D eigenvalue weighted by Crippen LogP contribution is 2.25. The van der Waals surface area contributed by atoms with E-state index in [0.717, 1.165) is 4.73 Å². The number of benzene rings is 1. The molecule has 5 N–H and O–H groups in total. The monoisotopic (exact) mass is 208 g/mol. The average Bonchev–Trinajstić information content (AvgIpc) is 2.55. The van der Waals surface area contributed by atoms with Crippen LogP contribution in [0.25, 0.3) is 11.0 Å². The van der Waals surface area contributed by atoms with E-state index < -0.39 is 6.10 Å². The summed E-state index contributed by atoms with van der Waals surface area (Å²) in [6.07, 6.45) is -0.679. The Morgan fingerprint density at radius 3 is 2.87 bits per heavy atom. The van der Waals surface area contributed by atoms with Crippen molar-refractivity contribution in [3.63, 3.8) is 0 Å². The molecule has 0 bridgehead atoms. The number of hydrogen-bond acceptors (Lipinski definition) is 5. The van der Waals surface area contributed by atoms with Crippen molar-refractivity contribution >= 4 is 17.0 Å². The molecule has 0 saturated heterocycles. The number of aliphatic hydroxyl groups is 1. The Balaban J connectivity index is 2.78. The van der Waals surface area contributed by atoms with Gasteiger partial charge >= 0.3 is 0 Å².